The molecule has 7 heteroatoms. The summed E-state index contributed by atoms with van der Waals surface area (Å²) in [7, 11) is 1.32. The molecule has 0 aliphatic carbocycles. The van der Waals surface area contributed by atoms with Gasteiger partial charge < -0.3 is 19.8 Å². The van der Waals surface area contributed by atoms with Crippen molar-refractivity contribution in [1.29, 1.82) is 0 Å². The van der Waals surface area contributed by atoms with Crippen LogP contribution in [0.4, 0.5) is 5.69 Å². The Labute approximate surface area is 169 Å². The lowest BCUT2D eigenvalue weighted by Gasteiger charge is -2.09. The fourth-order valence-corrected chi connectivity index (χ4v) is 3.04. The summed E-state index contributed by atoms with van der Waals surface area (Å²) < 4.78 is 10.6. The predicted octanol–water partition coefficient (Wildman–Crippen LogP) is 3.90. The highest BCUT2D eigenvalue weighted by Gasteiger charge is 2.23. The quantitative estimate of drug-likeness (QED) is 0.594. The van der Waals surface area contributed by atoms with Crippen molar-refractivity contribution in [2.24, 2.45) is 0 Å². The highest BCUT2D eigenvalue weighted by molar-refractivity contribution is 6.06. The normalized spacial score (nSPS) is 10.4. The topological polar surface area (TPSA) is 93.3 Å². The second-order valence-electron chi connectivity index (χ2n) is 6.46. The third kappa shape index (κ3) is 4.63. The second kappa shape index (κ2) is 9.05. The van der Waals surface area contributed by atoms with Gasteiger partial charge in [-0.15, -0.1) is 0 Å². The van der Waals surface area contributed by atoms with Crippen LogP contribution in [0.15, 0.2) is 48.8 Å². The zero-order valence-corrected chi connectivity index (χ0v) is 16.6. The summed E-state index contributed by atoms with van der Waals surface area (Å²) in [6.07, 6.45) is 4.03. The number of esters is 1. The van der Waals surface area contributed by atoms with Gasteiger partial charge >= 0.3 is 5.97 Å². The summed E-state index contributed by atoms with van der Waals surface area (Å²) in [6.45, 7) is 4.01. The lowest BCUT2D eigenvalue weighted by Crippen LogP contribution is -2.14. The highest BCUT2D eigenvalue weighted by atomic mass is 16.5. The molecule has 0 spiro atoms. The molecule has 1 aromatic carbocycles. The SMILES string of the molecule is CCc1[nH]c(C(=O)Nc2cccc(OCc3cccnc3)c2)c(C)c1C(=O)OC. The van der Waals surface area contributed by atoms with E-state index in [1.165, 1.54) is 7.11 Å². The van der Waals surface area contributed by atoms with Crippen LogP contribution in [-0.2, 0) is 17.8 Å². The molecule has 0 aliphatic heterocycles. The van der Waals surface area contributed by atoms with Crippen LogP contribution < -0.4 is 10.1 Å². The number of methoxy groups -OCH3 is 1. The van der Waals surface area contributed by atoms with Crippen LogP contribution >= 0.6 is 0 Å². The zero-order chi connectivity index (χ0) is 20.8. The van der Waals surface area contributed by atoms with Gasteiger partial charge in [0.15, 0.2) is 0 Å². The molecule has 2 heterocycles. The van der Waals surface area contributed by atoms with E-state index in [-0.39, 0.29) is 5.91 Å². The number of benzene rings is 1. The Hall–Kier alpha value is -3.61. The number of hydrogen-bond acceptors (Lipinski definition) is 5. The fraction of sp³-hybridized carbons (Fsp3) is 0.227. The molecule has 3 rings (SSSR count). The molecule has 0 atom stereocenters. The maximum atomic E-state index is 12.8. The van der Waals surface area contributed by atoms with Gasteiger partial charge in [-0.2, -0.15) is 0 Å². The first-order valence-electron chi connectivity index (χ1n) is 9.26. The van der Waals surface area contributed by atoms with Gasteiger partial charge in [-0.25, -0.2) is 4.79 Å². The van der Waals surface area contributed by atoms with E-state index in [4.69, 9.17) is 9.47 Å². The number of pyridine rings is 1. The molecule has 150 valence electrons. The van der Waals surface area contributed by atoms with E-state index in [1.807, 2.05) is 25.1 Å². The standard InChI is InChI=1S/C22H23N3O4/c1-4-18-19(22(27)28-3)14(2)20(25-18)21(26)24-16-8-5-9-17(11-16)29-13-15-7-6-10-23-12-15/h5-12,25H,4,13H2,1-3H3,(H,24,26). The average Bonchev–Trinajstić information content (AvgIpc) is 3.09. The minimum absolute atomic E-state index is 0.336. The van der Waals surface area contributed by atoms with Gasteiger partial charge in [0, 0.05) is 35.4 Å². The average molecular weight is 393 g/mol. The lowest BCUT2D eigenvalue weighted by atomic mass is 10.1. The monoisotopic (exact) mass is 393 g/mol. The fourth-order valence-electron chi connectivity index (χ4n) is 3.04. The number of rotatable bonds is 7. The summed E-state index contributed by atoms with van der Waals surface area (Å²) in [6, 6.07) is 10.9. The molecule has 1 amide bonds. The van der Waals surface area contributed by atoms with Crippen LogP contribution in [0.3, 0.4) is 0 Å². The molecule has 3 aromatic rings. The van der Waals surface area contributed by atoms with E-state index in [9.17, 15) is 9.59 Å². The number of aromatic nitrogens is 2. The molecular weight excluding hydrogens is 370 g/mol. The summed E-state index contributed by atoms with van der Waals surface area (Å²) in [5, 5.41) is 2.84. The van der Waals surface area contributed by atoms with E-state index in [0.29, 0.717) is 47.0 Å². The van der Waals surface area contributed by atoms with Crippen molar-refractivity contribution in [1.82, 2.24) is 9.97 Å². The first-order valence-corrected chi connectivity index (χ1v) is 9.26. The van der Waals surface area contributed by atoms with E-state index >= 15 is 0 Å². The van der Waals surface area contributed by atoms with Gasteiger partial charge in [-0.3, -0.25) is 9.78 Å². The molecule has 0 saturated heterocycles. The summed E-state index contributed by atoms with van der Waals surface area (Å²) in [4.78, 5) is 31.9. The van der Waals surface area contributed by atoms with E-state index < -0.39 is 5.97 Å². The second-order valence-corrected chi connectivity index (χ2v) is 6.46. The molecule has 2 aromatic heterocycles. The number of aryl methyl sites for hydroxylation is 1. The number of H-pyrrole nitrogens is 1. The Bertz CT molecular complexity index is 1010. The Kier molecular flexibility index (Phi) is 6.29. The summed E-state index contributed by atoms with van der Waals surface area (Å²) in [5.74, 6) is -0.170. The molecule has 7 nitrogen and oxygen atoms in total. The molecule has 2 N–H and O–H groups in total. The molecule has 0 aliphatic rings. The summed E-state index contributed by atoms with van der Waals surface area (Å²) in [5.41, 5.74) is 3.53. The number of hydrogen-bond donors (Lipinski definition) is 2. The van der Waals surface area contributed by atoms with Gasteiger partial charge in [-0.05, 0) is 37.1 Å². The molecule has 29 heavy (non-hydrogen) atoms. The Balaban J connectivity index is 1.74. The van der Waals surface area contributed by atoms with Crippen LogP contribution in [0.2, 0.25) is 0 Å². The highest BCUT2D eigenvalue weighted by Crippen LogP contribution is 2.23. The minimum atomic E-state index is -0.458. The Morgan fingerprint density at radius 3 is 2.72 bits per heavy atom. The number of carbonyl (C=O) groups is 2. The minimum Gasteiger partial charge on any atom is -0.489 e. The molecule has 0 saturated carbocycles. The van der Waals surface area contributed by atoms with Crippen molar-refractivity contribution in [2.45, 2.75) is 26.9 Å². The largest absolute Gasteiger partial charge is 0.489 e. The van der Waals surface area contributed by atoms with Crippen LogP contribution in [0.25, 0.3) is 0 Å². The van der Waals surface area contributed by atoms with E-state index in [0.717, 1.165) is 5.56 Å². The van der Waals surface area contributed by atoms with Crippen molar-refractivity contribution in [2.75, 3.05) is 12.4 Å². The van der Waals surface area contributed by atoms with Gasteiger partial charge in [-0.1, -0.05) is 19.1 Å². The number of anilines is 1. The Morgan fingerprint density at radius 2 is 2.03 bits per heavy atom. The van der Waals surface area contributed by atoms with Crippen LogP contribution in [0, 0.1) is 6.92 Å². The molecule has 0 bridgehead atoms. The lowest BCUT2D eigenvalue weighted by molar-refractivity contribution is 0.0599. The van der Waals surface area contributed by atoms with Crippen LogP contribution in [0.1, 0.15) is 44.6 Å². The molecular formula is C22H23N3O4. The number of amides is 1. The molecule has 0 unspecified atom stereocenters. The number of nitrogens with zero attached hydrogens (tertiary/aromatic N) is 1. The molecule has 0 radical (unpaired) electrons. The predicted molar refractivity (Wildman–Crippen MR) is 109 cm³/mol. The van der Waals surface area contributed by atoms with Gasteiger partial charge in [0.1, 0.15) is 18.1 Å². The smallest absolute Gasteiger partial charge is 0.339 e. The third-order valence-corrected chi connectivity index (χ3v) is 4.52. The van der Waals surface area contributed by atoms with Crippen LogP contribution in [0.5, 0.6) is 5.75 Å². The number of ether oxygens (including phenoxy) is 2. The number of aromatic amines is 1. The number of carbonyl (C=O) groups excluding carboxylic acids is 2. The van der Waals surface area contributed by atoms with E-state index in [2.05, 4.69) is 15.3 Å². The van der Waals surface area contributed by atoms with Crippen molar-refractivity contribution in [3.63, 3.8) is 0 Å². The van der Waals surface area contributed by atoms with Crippen molar-refractivity contribution >= 4 is 17.6 Å². The van der Waals surface area contributed by atoms with Gasteiger partial charge in [0.05, 0.1) is 12.7 Å². The third-order valence-electron chi connectivity index (χ3n) is 4.52. The van der Waals surface area contributed by atoms with Crippen LogP contribution in [-0.4, -0.2) is 29.0 Å². The zero-order valence-electron chi connectivity index (χ0n) is 16.6. The maximum Gasteiger partial charge on any atom is 0.339 e. The first-order chi connectivity index (χ1) is 14.0. The Morgan fingerprint density at radius 1 is 1.21 bits per heavy atom. The van der Waals surface area contributed by atoms with Gasteiger partial charge in [0.25, 0.3) is 5.91 Å². The van der Waals surface area contributed by atoms with E-state index in [1.54, 1.807) is 37.5 Å². The number of nitrogens with one attached hydrogen (secondary N) is 2. The first kappa shape index (κ1) is 20.1. The summed E-state index contributed by atoms with van der Waals surface area (Å²) >= 11 is 0. The van der Waals surface area contributed by atoms with Crippen molar-refractivity contribution < 1.29 is 19.1 Å². The van der Waals surface area contributed by atoms with Crippen molar-refractivity contribution in [3.8, 4) is 5.75 Å². The van der Waals surface area contributed by atoms with Gasteiger partial charge in [0.2, 0.25) is 0 Å². The maximum absolute atomic E-state index is 12.8. The molecule has 0 fully saturated rings. The van der Waals surface area contributed by atoms with Crippen molar-refractivity contribution in [3.05, 3.63) is 76.9 Å².